The second-order valence-corrected chi connectivity index (χ2v) is 4.72. The molecule has 0 aromatic heterocycles. The molecule has 0 amide bonds. The van der Waals surface area contributed by atoms with Gasteiger partial charge in [0.2, 0.25) is 0 Å². The molecule has 1 aromatic rings. The van der Waals surface area contributed by atoms with Crippen LogP contribution in [0.4, 0.5) is 10.1 Å². The molecule has 0 saturated carbocycles. The third-order valence-corrected chi connectivity index (χ3v) is 3.03. The van der Waals surface area contributed by atoms with Gasteiger partial charge < -0.3 is 10.0 Å². The van der Waals surface area contributed by atoms with Gasteiger partial charge in [-0.15, -0.1) is 0 Å². The molecule has 1 aromatic carbocycles. The first kappa shape index (κ1) is 14.0. The number of rotatable bonds is 4. The van der Waals surface area contributed by atoms with Gasteiger partial charge in [-0.05, 0) is 52.3 Å². The summed E-state index contributed by atoms with van der Waals surface area (Å²) in [4.78, 5) is 2.16. The van der Waals surface area contributed by atoms with Crippen molar-refractivity contribution in [1.82, 2.24) is 0 Å². The predicted octanol–water partition coefficient (Wildman–Crippen LogP) is 3.42. The van der Waals surface area contributed by atoms with Gasteiger partial charge in [-0.2, -0.15) is 0 Å². The van der Waals surface area contributed by atoms with Crippen LogP contribution in [-0.4, -0.2) is 17.7 Å². The minimum atomic E-state index is -0.659. The monoisotopic (exact) mass is 239 g/mol. The number of aryl methyl sites for hydroxylation is 1. The number of anilines is 1. The zero-order valence-corrected chi connectivity index (χ0v) is 11.3. The van der Waals surface area contributed by atoms with Crippen molar-refractivity contribution in [3.05, 3.63) is 29.1 Å². The Hall–Kier alpha value is -1.09. The zero-order valence-electron chi connectivity index (χ0n) is 11.3. The van der Waals surface area contributed by atoms with Gasteiger partial charge in [0.25, 0.3) is 0 Å². The first-order chi connectivity index (χ1) is 7.88. The quantitative estimate of drug-likeness (QED) is 0.870. The third-order valence-electron chi connectivity index (χ3n) is 3.03. The lowest BCUT2D eigenvalue weighted by molar-refractivity contribution is 0.199. The molecule has 0 heterocycles. The number of aliphatic hydroxyl groups is 1. The molecule has 0 fully saturated rings. The van der Waals surface area contributed by atoms with E-state index in [0.29, 0.717) is 17.2 Å². The average Bonchev–Trinajstić information content (AvgIpc) is 2.22. The first-order valence-corrected chi connectivity index (χ1v) is 6.13. The molecule has 96 valence electrons. The summed E-state index contributed by atoms with van der Waals surface area (Å²) in [6, 6.07) is 3.59. The Bertz CT molecular complexity index is 388. The van der Waals surface area contributed by atoms with Gasteiger partial charge in [-0.1, -0.05) is 0 Å². The Labute approximate surface area is 103 Å². The molecular weight excluding hydrogens is 217 g/mol. The van der Waals surface area contributed by atoms with E-state index in [1.54, 1.807) is 13.8 Å². The van der Waals surface area contributed by atoms with Crippen molar-refractivity contribution in [3.8, 4) is 0 Å². The van der Waals surface area contributed by atoms with Crippen LogP contribution in [0.15, 0.2) is 12.1 Å². The highest BCUT2D eigenvalue weighted by molar-refractivity contribution is 5.57. The second-order valence-electron chi connectivity index (χ2n) is 4.72. The third kappa shape index (κ3) is 2.97. The van der Waals surface area contributed by atoms with E-state index in [9.17, 15) is 9.50 Å². The van der Waals surface area contributed by atoms with Crippen LogP contribution >= 0.6 is 0 Å². The summed E-state index contributed by atoms with van der Waals surface area (Å²) in [6.07, 6.45) is -0.659. The number of nitrogens with zero attached hydrogens (tertiary/aromatic N) is 1. The largest absolute Gasteiger partial charge is 0.389 e. The number of benzene rings is 1. The smallest absolute Gasteiger partial charge is 0.126 e. The van der Waals surface area contributed by atoms with Crippen molar-refractivity contribution >= 4 is 5.69 Å². The second kappa shape index (κ2) is 5.50. The van der Waals surface area contributed by atoms with E-state index < -0.39 is 6.10 Å². The lowest BCUT2D eigenvalue weighted by Crippen LogP contribution is -2.31. The van der Waals surface area contributed by atoms with Gasteiger partial charge in [-0.3, -0.25) is 0 Å². The van der Waals surface area contributed by atoms with Crippen molar-refractivity contribution in [3.63, 3.8) is 0 Å². The minimum absolute atomic E-state index is 0.260. The number of halogens is 1. The van der Waals surface area contributed by atoms with Crippen molar-refractivity contribution in [1.29, 1.82) is 0 Å². The van der Waals surface area contributed by atoms with E-state index in [1.807, 2.05) is 6.07 Å². The fourth-order valence-electron chi connectivity index (χ4n) is 2.08. The van der Waals surface area contributed by atoms with Crippen molar-refractivity contribution < 1.29 is 9.50 Å². The molecule has 0 aliphatic carbocycles. The summed E-state index contributed by atoms with van der Waals surface area (Å²) >= 11 is 0. The highest BCUT2D eigenvalue weighted by Gasteiger charge is 2.17. The van der Waals surface area contributed by atoms with Crippen LogP contribution in [0, 0.1) is 12.7 Å². The van der Waals surface area contributed by atoms with E-state index in [4.69, 9.17) is 0 Å². The maximum absolute atomic E-state index is 13.6. The van der Waals surface area contributed by atoms with Gasteiger partial charge in [0.1, 0.15) is 5.82 Å². The van der Waals surface area contributed by atoms with Crippen LogP contribution in [0.2, 0.25) is 0 Å². The van der Waals surface area contributed by atoms with Gasteiger partial charge >= 0.3 is 0 Å². The van der Waals surface area contributed by atoms with Crippen LogP contribution in [0.1, 0.15) is 44.9 Å². The topological polar surface area (TPSA) is 23.5 Å². The normalized spacial score (nSPS) is 12.9. The fraction of sp³-hybridized carbons (Fsp3) is 0.571. The highest BCUT2D eigenvalue weighted by Crippen LogP contribution is 2.30. The van der Waals surface area contributed by atoms with Gasteiger partial charge in [0, 0.05) is 23.8 Å². The molecule has 0 aliphatic heterocycles. The molecular formula is C14H22FNO. The van der Waals surface area contributed by atoms with Crippen LogP contribution < -0.4 is 4.90 Å². The average molecular weight is 239 g/mol. The number of aliphatic hydroxyl groups excluding tert-OH is 1. The molecule has 2 nitrogen and oxygen atoms in total. The van der Waals surface area contributed by atoms with E-state index in [-0.39, 0.29) is 5.82 Å². The molecule has 0 bridgehead atoms. The summed E-state index contributed by atoms with van der Waals surface area (Å²) in [7, 11) is 0. The fourth-order valence-corrected chi connectivity index (χ4v) is 2.08. The maximum Gasteiger partial charge on any atom is 0.126 e. The summed E-state index contributed by atoms with van der Waals surface area (Å²) in [5, 5.41) is 9.75. The molecule has 1 unspecified atom stereocenters. The molecule has 0 radical (unpaired) electrons. The summed E-state index contributed by atoms with van der Waals surface area (Å²) in [5.41, 5.74) is 2.20. The van der Waals surface area contributed by atoms with Crippen molar-refractivity contribution in [2.75, 3.05) is 11.4 Å². The number of hydrogen-bond donors (Lipinski definition) is 1. The lowest BCUT2D eigenvalue weighted by atomic mass is 10.0. The molecule has 0 aliphatic rings. The zero-order chi connectivity index (χ0) is 13.2. The number of hydrogen-bond acceptors (Lipinski definition) is 2. The Morgan fingerprint density at radius 2 is 1.88 bits per heavy atom. The van der Waals surface area contributed by atoms with E-state index in [1.165, 1.54) is 6.07 Å². The Balaban J connectivity index is 3.33. The minimum Gasteiger partial charge on any atom is -0.389 e. The summed E-state index contributed by atoms with van der Waals surface area (Å²) < 4.78 is 13.6. The summed E-state index contributed by atoms with van der Waals surface area (Å²) in [6.45, 7) is 10.5. The van der Waals surface area contributed by atoms with Crippen LogP contribution in [0.25, 0.3) is 0 Å². The Morgan fingerprint density at radius 3 is 2.29 bits per heavy atom. The molecule has 17 heavy (non-hydrogen) atoms. The first-order valence-electron chi connectivity index (χ1n) is 6.13. The van der Waals surface area contributed by atoms with Crippen LogP contribution in [-0.2, 0) is 0 Å². The Morgan fingerprint density at radius 1 is 1.29 bits per heavy atom. The summed E-state index contributed by atoms with van der Waals surface area (Å²) in [5.74, 6) is -0.260. The Kier molecular flexibility index (Phi) is 4.52. The molecule has 1 rings (SSSR count). The molecule has 1 atom stereocenters. The molecule has 0 saturated heterocycles. The predicted molar refractivity (Wildman–Crippen MR) is 69.9 cm³/mol. The van der Waals surface area contributed by atoms with Gasteiger partial charge in [-0.25, -0.2) is 4.39 Å². The highest BCUT2D eigenvalue weighted by atomic mass is 19.1. The molecule has 1 N–H and O–H groups in total. The van der Waals surface area contributed by atoms with Gasteiger partial charge in [0.15, 0.2) is 0 Å². The lowest BCUT2D eigenvalue weighted by Gasteiger charge is -2.31. The van der Waals surface area contributed by atoms with E-state index in [0.717, 1.165) is 12.2 Å². The van der Waals surface area contributed by atoms with Crippen molar-refractivity contribution in [2.45, 2.75) is 46.8 Å². The van der Waals surface area contributed by atoms with Crippen LogP contribution in [0.5, 0.6) is 0 Å². The van der Waals surface area contributed by atoms with Crippen molar-refractivity contribution in [2.24, 2.45) is 0 Å². The SMILES string of the molecule is CCN(c1cc(C)c(F)cc1C(C)O)C(C)C. The molecule has 3 heteroatoms. The van der Waals surface area contributed by atoms with Crippen LogP contribution in [0.3, 0.4) is 0 Å². The molecule has 0 spiro atoms. The van der Waals surface area contributed by atoms with E-state index >= 15 is 0 Å². The maximum atomic E-state index is 13.6. The van der Waals surface area contributed by atoms with E-state index in [2.05, 4.69) is 25.7 Å². The standard InChI is InChI=1S/C14H22FNO/c1-6-16(9(2)3)14-7-10(4)13(15)8-12(14)11(5)17/h7-9,11,17H,6H2,1-5H3. The van der Waals surface area contributed by atoms with Gasteiger partial charge in [0.05, 0.1) is 6.10 Å².